The van der Waals surface area contributed by atoms with Crippen LogP contribution in [0.1, 0.15) is 44.4 Å². The number of nitrogens with one attached hydrogen (secondary N) is 1. The van der Waals surface area contributed by atoms with E-state index in [9.17, 15) is 18.0 Å². The van der Waals surface area contributed by atoms with Gasteiger partial charge in [-0.1, -0.05) is 65.2 Å². The van der Waals surface area contributed by atoms with E-state index in [1.807, 2.05) is 27.7 Å². The fourth-order valence-corrected chi connectivity index (χ4v) is 6.03. The number of para-hydroxylation sites is 1. The van der Waals surface area contributed by atoms with E-state index in [1.165, 1.54) is 17.0 Å². The summed E-state index contributed by atoms with van der Waals surface area (Å²) in [5.74, 6) is -0.948. The number of halogens is 2. The van der Waals surface area contributed by atoms with Crippen LogP contribution in [-0.4, -0.2) is 43.3 Å². The van der Waals surface area contributed by atoms with Gasteiger partial charge >= 0.3 is 0 Å². The lowest BCUT2D eigenvalue weighted by Gasteiger charge is -2.34. The second-order valence-corrected chi connectivity index (χ2v) is 13.5. The van der Waals surface area contributed by atoms with Gasteiger partial charge in [-0.05, 0) is 83.0 Å². The van der Waals surface area contributed by atoms with Crippen LogP contribution < -0.4 is 9.62 Å². The van der Waals surface area contributed by atoms with Crippen molar-refractivity contribution in [3.8, 4) is 0 Å². The molecular weight excluding hydrogens is 569 g/mol. The zero-order valence-corrected chi connectivity index (χ0v) is 25.9. The summed E-state index contributed by atoms with van der Waals surface area (Å²) in [6.07, 6.45) is 0. The summed E-state index contributed by atoms with van der Waals surface area (Å²) in [5, 5.41) is 3.66. The molecule has 1 atom stereocenters. The number of anilines is 1. The molecule has 0 radical (unpaired) electrons. The van der Waals surface area contributed by atoms with Crippen molar-refractivity contribution in [3.63, 3.8) is 0 Å². The van der Waals surface area contributed by atoms with Crippen LogP contribution >= 0.6 is 23.2 Å². The average Bonchev–Trinajstić information content (AvgIpc) is 2.86. The van der Waals surface area contributed by atoms with Gasteiger partial charge in [-0.3, -0.25) is 13.9 Å². The minimum absolute atomic E-state index is 0.0280. The first-order valence-electron chi connectivity index (χ1n) is 12.8. The van der Waals surface area contributed by atoms with Crippen LogP contribution in [0.3, 0.4) is 0 Å². The van der Waals surface area contributed by atoms with Crippen LogP contribution in [0, 0.1) is 13.8 Å². The van der Waals surface area contributed by atoms with Gasteiger partial charge in [0.2, 0.25) is 11.8 Å². The number of hydrogen-bond donors (Lipinski definition) is 1. The van der Waals surface area contributed by atoms with Gasteiger partial charge in [0.15, 0.2) is 0 Å². The highest BCUT2D eigenvalue weighted by Gasteiger charge is 2.34. The van der Waals surface area contributed by atoms with Crippen molar-refractivity contribution in [3.05, 3.63) is 93.5 Å². The molecule has 0 saturated carbocycles. The van der Waals surface area contributed by atoms with E-state index >= 15 is 0 Å². The van der Waals surface area contributed by atoms with Gasteiger partial charge < -0.3 is 10.2 Å². The van der Waals surface area contributed by atoms with Crippen LogP contribution in [0.5, 0.6) is 0 Å². The number of nitrogens with zero attached hydrogens (tertiary/aromatic N) is 2. The fraction of sp³-hybridized carbons (Fsp3) is 0.333. The molecule has 2 amide bonds. The second kappa shape index (κ2) is 12.6. The van der Waals surface area contributed by atoms with Crippen molar-refractivity contribution in [2.45, 2.75) is 64.6 Å². The molecule has 3 aromatic carbocycles. The highest BCUT2D eigenvalue weighted by atomic mass is 35.5. The zero-order chi connectivity index (χ0) is 29.8. The predicted molar refractivity (Wildman–Crippen MR) is 161 cm³/mol. The summed E-state index contributed by atoms with van der Waals surface area (Å²) in [6, 6.07) is 17.4. The largest absolute Gasteiger partial charge is 0.350 e. The van der Waals surface area contributed by atoms with Gasteiger partial charge in [0.1, 0.15) is 12.6 Å². The van der Waals surface area contributed by atoms with E-state index in [0.717, 1.165) is 9.87 Å². The highest BCUT2D eigenvalue weighted by Crippen LogP contribution is 2.28. The van der Waals surface area contributed by atoms with Crippen LogP contribution in [0.25, 0.3) is 0 Å². The first-order chi connectivity index (χ1) is 18.6. The molecule has 0 aliphatic carbocycles. The number of carbonyl (C=O) groups excluding carboxylic acids is 2. The number of amides is 2. The lowest BCUT2D eigenvalue weighted by atomic mass is 10.1. The van der Waals surface area contributed by atoms with E-state index in [-0.39, 0.29) is 17.3 Å². The normalized spacial score (nSPS) is 12.5. The van der Waals surface area contributed by atoms with Crippen molar-refractivity contribution in [1.29, 1.82) is 0 Å². The maximum absolute atomic E-state index is 14.0. The second-order valence-electron chi connectivity index (χ2n) is 10.8. The third-order valence-corrected chi connectivity index (χ3v) is 8.65. The lowest BCUT2D eigenvalue weighted by molar-refractivity contribution is -0.140. The molecule has 40 heavy (non-hydrogen) atoms. The average molecular weight is 605 g/mol. The quantitative estimate of drug-likeness (QED) is 0.318. The Morgan fingerprint density at radius 2 is 1.57 bits per heavy atom. The Morgan fingerprint density at radius 1 is 0.950 bits per heavy atom. The smallest absolute Gasteiger partial charge is 0.264 e. The summed E-state index contributed by atoms with van der Waals surface area (Å²) in [4.78, 5) is 28.6. The highest BCUT2D eigenvalue weighted by molar-refractivity contribution is 7.92. The van der Waals surface area contributed by atoms with E-state index < -0.39 is 34.1 Å². The molecule has 0 spiro atoms. The Balaban J connectivity index is 2.07. The van der Waals surface area contributed by atoms with E-state index in [1.54, 1.807) is 68.4 Å². The molecule has 10 heteroatoms. The SMILES string of the molecule is Cc1ccc(S(=O)(=O)N(CC(=O)N(Cc2ccc(Cl)cc2Cl)[C@H](C)C(=O)NC(C)(C)C)c2ccccc2C)cc1. The molecule has 0 aromatic heterocycles. The molecule has 0 aliphatic rings. The van der Waals surface area contributed by atoms with Gasteiger partial charge in [-0.15, -0.1) is 0 Å². The van der Waals surface area contributed by atoms with Crippen LogP contribution in [-0.2, 0) is 26.2 Å². The number of benzene rings is 3. The minimum atomic E-state index is -4.14. The summed E-state index contributed by atoms with van der Waals surface area (Å²) in [5.41, 5.74) is 1.98. The number of sulfonamides is 1. The van der Waals surface area contributed by atoms with Crippen LogP contribution in [0.2, 0.25) is 10.0 Å². The topological polar surface area (TPSA) is 86.8 Å². The molecule has 0 saturated heterocycles. The molecule has 3 aromatic rings. The van der Waals surface area contributed by atoms with Crippen molar-refractivity contribution < 1.29 is 18.0 Å². The molecule has 1 N–H and O–H groups in total. The third-order valence-electron chi connectivity index (χ3n) is 6.29. The molecule has 0 bridgehead atoms. The number of carbonyl (C=O) groups is 2. The maximum Gasteiger partial charge on any atom is 0.264 e. The summed E-state index contributed by atoms with van der Waals surface area (Å²) < 4.78 is 29.0. The van der Waals surface area contributed by atoms with Crippen LogP contribution in [0.15, 0.2) is 71.6 Å². The van der Waals surface area contributed by atoms with Gasteiger partial charge in [-0.25, -0.2) is 8.42 Å². The Bertz CT molecular complexity index is 1490. The Hall–Kier alpha value is -3.07. The van der Waals surface area contributed by atoms with Crippen molar-refractivity contribution in [2.24, 2.45) is 0 Å². The lowest BCUT2D eigenvalue weighted by Crippen LogP contribution is -2.54. The molecule has 0 heterocycles. The molecule has 7 nitrogen and oxygen atoms in total. The number of aryl methyl sites for hydroxylation is 2. The van der Waals surface area contributed by atoms with E-state index in [2.05, 4.69) is 5.32 Å². The Labute approximate surface area is 247 Å². The molecule has 0 fully saturated rings. The molecular formula is C30H35Cl2N3O4S. The maximum atomic E-state index is 14.0. The molecule has 0 aliphatic heterocycles. The van der Waals surface area contributed by atoms with Crippen LogP contribution in [0.4, 0.5) is 5.69 Å². The van der Waals surface area contributed by atoms with Crippen molar-refractivity contribution in [1.82, 2.24) is 10.2 Å². The molecule has 214 valence electrons. The summed E-state index contributed by atoms with van der Waals surface area (Å²) >= 11 is 12.5. The van der Waals surface area contributed by atoms with E-state index in [4.69, 9.17) is 23.2 Å². The first-order valence-corrected chi connectivity index (χ1v) is 15.0. The molecule has 3 rings (SSSR count). The summed E-state index contributed by atoms with van der Waals surface area (Å²) in [6.45, 7) is 10.2. The first kappa shape index (κ1) is 31.5. The van der Waals surface area contributed by atoms with Gasteiger partial charge in [0.25, 0.3) is 10.0 Å². The van der Waals surface area contributed by atoms with Gasteiger partial charge in [-0.2, -0.15) is 0 Å². The minimum Gasteiger partial charge on any atom is -0.350 e. The Morgan fingerprint density at radius 3 is 2.15 bits per heavy atom. The van der Waals surface area contributed by atoms with Crippen molar-refractivity contribution in [2.75, 3.05) is 10.8 Å². The monoisotopic (exact) mass is 603 g/mol. The third kappa shape index (κ3) is 7.77. The number of hydrogen-bond acceptors (Lipinski definition) is 4. The fourth-order valence-electron chi connectivity index (χ4n) is 4.08. The Kier molecular flexibility index (Phi) is 9.93. The summed E-state index contributed by atoms with van der Waals surface area (Å²) in [7, 11) is -4.14. The van der Waals surface area contributed by atoms with Gasteiger partial charge in [0, 0.05) is 22.1 Å². The van der Waals surface area contributed by atoms with Gasteiger partial charge in [0.05, 0.1) is 10.6 Å². The molecule has 0 unspecified atom stereocenters. The predicted octanol–water partition coefficient (Wildman–Crippen LogP) is 6.14. The van der Waals surface area contributed by atoms with Crippen molar-refractivity contribution >= 4 is 50.7 Å². The number of rotatable bonds is 9. The zero-order valence-electron chi connectivity index (χ0n) is 23.5. The standard InChI is InChI=1S/C30H35Cl2N3O4S/c1-20-11-15-25(16-12-20)40(38,39)35(27-10-8-7-9-21(27)2)19-28(36)34(22(3)29(37)33-30(4,5)6)18-23-13-14-24(31)17-26(23)32/h7-17,22H,18-19H2,1-6H3,(H,33,37)/t22-/m1/s1. The van der Waals surface area contributed by atoms with E-state index in [0.29, 0.717) is 26.9 Å².